The Labute approximate surface area is 193 Å². The fourth-order valence-electron chi connectivity index (χ4n) is 4.38. The van der Waals surface area contributed by atoms with Crippen LogP contribution in [0.25, 0.3) is 21.9 Å². The number of rotatable bonds is 7. The number of fused-ring (bicyclic) bond motifs is 2. The number of aromatic nitrogens is 4. The number of hydrogen-bond acceptors (Lipinski definition) is 2. The minimum Gasteiger partial charge on any atom is -0.342 e. The van der Waals surface area contributed by atoms with E-state index in [0.717, 1.165) is 47.4 Å². The van der Waals surface area contributed by atoms with Crippen LogP contribution in [0.4, 0.5) is 0 Å². The Bertz CT molecular complexity index is 1300. The summed E-state index contributed by atoms with van der Waals surface area (Å²) >= 11 is 8.76. The number of pyridine rings is 1. The lowest BCUT2D eigenvalue weighted by Gasteiger charge is -2.12. The SMILES string of the molecule is CCCCCn1c(Cn2c(=O)n(C3CC3)c3ccncc32)c(I)c2ccc(Cl)cc21. The number of nitrogens with zero attached hydrogens (tertiary/aromatic N) is 4. The number of halogens is 2. The summed E-state index contributed by atoms with van der Waals surface area (Å²) in [4.78, 5) is 17.7. The fourth-order valence-corrected chi connectivity index (χ4v) is 5.46. The van der Waals surface area contributed by atoms with Crippen LogP contribution >= 0.6 is 34.2 Å². The molecule has 3 aromatic heterocycles. The molecule has 5 rings (SSSR count). The second kappa shape index (κ2) is 8.04. The highest BCUT2D eigenvalue weighted by atomic mass is 127. The molecule has 0 spiro atoms. The smallest absolute Gasteiger partial charge is 0.329 e. The van der Waals surface area contributed by atoms with Gasteiger partial charge in [0.2, 0.25) is 0 Å². The van der Waals surface area contributed by atoms with Gasteiger partial charge in [0.05, 0.1) is 35.0 Å². The molecular weight excluding hydrogens is 511 g/mol. The van der Waals surface area contributed by atoms with E-state index in [9.17, 15) is 4.79 Å². The zero-order valence-electron chi connectivity index (χ0n) is 16.9. The molecule has 0 atom stereocenters. The average molecular weight is 535 g/mol. The summed E-state index contributed by atoms with van der Waals surface area (Å²) in [5.41, 5.74) is 4.29. The van der Waals surface area contributed by atoms with Crippen molar-refractivity contribution in [3.8, 4) is 0 Å². The highest BCUT2D eigenvalue weighted by Gasteiger charge is 2.29. The highest BCUT2D eigenvalue weighted by molar-refractivity contribution is 14.1. The molecule has 0 amide bonds. The summed E-state index contributed by atoms with van der Waals surface area (Å²) < 4.78 is 7.42. The van der Waals surface area contributed by atoms with Crippen molar-refractivity contribution in [2.45, 2.75) is 58.2 Å². The van der Waals surface area contributed by atoms with E-state index in [2.05, 4.69) is 45.1 Å². The zero-order chi connectivity index (χ0) is 20.8. The molecule has 1 aromatic carbocycles. The third kappa shape index (κ3) is 3.38. The lowest BCUT2D eigenvalue weighted by atomic mass is 10.2. The molecular formula is C23H24ClIN4O. The van der Waals surface area contributed by atoms with Crippen molar-refractivity contribution in [1.82, 2.24) is 18.7 Å². The molecule has 0 bridgehead atoms. The van der Waals surface area contributed by atoms with Crippen LogP contribution in [0.15, 0.2) is 41.5 Å². The molecule has 0 aliphatic heterocycles. The molecule has 1 aliphatic rings. The second-order valence-corrected chi connectivity index (χ2v) is 9.63. The van der Waals surface area contributed by atoms with E-state index in [0.29, 0.717) is 12.6 Å². The van der Waals surface area contributed by atoms with Crippen LogP contribution in [0.1, 0.15) is 50.8 Å². The van der Waals surface area contributed by atoms with E-state index >= 15 is 0 Å². The Hall–Kier alpha value is -1.80. The van der Waals surface area contributed by atoms with Gasteiger partial charge in [0.1, 0.15) is 0 Å². The van der Waals surface area contributed by atoms with E-state index in [1.54, 1.807) is 6.20 Å². The number of hydrogen-bond donors (Lipinski definition) is 0. The monoisotopic (exact) mass is 534 g/mol. The van der Waals surface area contributed by atoms with Crippen LogP contribution in [0.5, 0.6) is 0 Å². The lowest BCUT2D eigenvalue weighted by Crippen LogP contribution is -2.25. The Morgan fingerprint density at radius 2 is 1.97 bits per heavy atom. The van der Waals surface area contributed by atoms with Crippen molar-refractivity contribution >= 4 is 56.1 Å². The van der Waals surface area contributed by atoms with Gasteiger partial charge in [-0.1, -0.05) is 37.4 Å². The topological polar surface area (TPSA) is 44.8 Å². The molecule has 3 heterocycles. The second-order valence-electron chi connectivity index (χ2n) is 8.12. The van der Waals surface area contributed by atoms with Gasteiger partial charge in [0.15, 0.2) is 0 Å². The molecule has 0 radical (unpaired) electrons. The van der Waals surface area contributed by atoms with Crippen LogP contribution < -0.4 is 5.69 Å². The van der Waals surface area contributed by atoms with Crippen molar-refractivity contribution in [3.05, 3.63) is 61.4 Å². The maximum atomic E-state index is 13.4. The first kappa shape index (κ1) is 20.1. The molecule has 30 heavy (non-hydrogen) atoms. The quantitative estimate of drug-likeness (QED) is 0.216. The van der Waals surface area contributed by atoms with Crippen molar-refractivity contribution in [3.63, 3.8) is 0 Å². The van der Waals surface area contributed by atoms with E-state index < -0.39 is 0 Å². The molecule has 7 heteroatoms. The summed E-state index contributed by atoms with van der Waals surface area (Å²) in [6.07, 6.45) is 9.22. The van der Waals surface area contributed by atoms with E-state index in [-0.39, 0.29) is 5.69 Å². The minimum atomic E-state index is 0.0692. The maximum absolute atomic E-state index is 13.4. The van der Waals surface area contributed by atoms with Crippen molar-refractivity contribution in [1.29, 1.82) is 0 Å². The van der Waals surface area contributed by atoms with Crippen molar-refractivity contribution in [2.75, 3.05) is 0 Å². The highest BCUT2D eigenvalue weighted by Crippen LogP contribution is 2.36. The Morgan fingerprint density at radius 3 is 2.73 bits per heavy atom. The predicted octanol–water partition coefficient (Wildman–Crippen LogP) is 5.98. The van der Waals surface area contributed by atoms with Gasteiger partial charge in [-0.15, -0.1) is 0 Å². The lowest BCUT2D eigenvalue weighted by molar-refractivity contribution is 0.580. The van der Waals surface area contributed by atoms with Gasteiger partial charge in [-0.2, -0.15) is 0 Å². The average Bonchev–Trinajstić information content (AvgIpc) is 3.49. The summed E-state index contributed by atoms with van der Waals surface area (Å²) in [6.45, 7) is 3.68. The molecule has 0 unspecified atom stereocenters. The van der Waals surface area contributed by atoms with Crippen LogP contribution in [0, 0.1) is 3.57 Å². The zero-order valence-corrected chi connectivity index (χ0v) is 19.9. The number of benzene rings is 1. The molecule has 5 nitrogen and oxygen atoms in total. The van der Waals surface area contributed by atoms with Crippen LogP contribution in [0.3, 0.4) is 0 Å². The van der Waals surface area contributed by atoms with Crippen molar-refractivity contribution < 1.29 is 0 Å². The molecule has 1 fully saturated rings. The van der Waals surface area contributed by atoms with Gasteiger partial charge in [-0.05, 0) is 60.1 Å². The van der Waals surface area contributed by atoms with Gasteiger partial charge >= 0.3 is 5.69 Å². The Morgan fingerprint density at radius 1 is 1.13 bits per heavy atom. The van der Waals surface area contributed by atoms with Gasteiger partial charge in [-0.25, -0.2) is 4.79 Å². The van der Waals surface area contributed by atoms with E-state index in [1.165, 1.54) is 27.5 Å². The predicted molar refractivity (Wildman–Crippen MR) is 131 cm³/mol. The summed E-state index contributed by atoms with van der Waals surface area (Å²) in [7, 11) is 0. The molecule has 4 aromatic rings. The summed E-state index contributed by atoms with van der Waals surface area (Å²) in [5.74, 6) is 0. The van der Waals surface area contributed by atoms with Crippen LogP contribution in [-0.4, -0.2) is 18.7 Å². The van der Waals surface area contributed by atoms with Gasteiger partial charge in [-0.3, -0.25) is 14.1 Å². The maximum Gasteiger partial charge on any atom is 0.329 e. The Kier molecular flexibility index (Phi) is 5.39. The molecule has 0 N–H and O–H groups in total. The minimum absolute atomic E-state index is 0.0692. The summed E-state index contributed by atoms with van der Waals surface area (Å²) in [6, 6.07) is 8.38. The standard InChI is InChI=1S/C23H24ClIN4O/c1-2-3-4-11-27-19-12-15(24)5-8-17(19)22(25)21(27)14-28-20-13-26-10-9-18(20)29(23(28)30)16-6-7-16/h5,8-10,12-13,16H,2-4,6-7,11,14H2,1H3. The summed E-state index contributed by atoms with van der Waals surface area (Å²) in [5, 5.41) is 1.94. The van der Waals surface area contributed by atoms with Gasteiger partial charge in [0.25, 0.3) is 0 Å². The molecule has 156 valence electrons. The van der Waals surface area contributed by atoms with Crippen molar-refractivity contribution in [2.24, 2.45) is 0 Å². The first-order chi connectivity index (χ1) is 14.6. The van der Waals surface area contributed by atoms with Gasteiger partial charge in [0, 0.05) is 32.8 Å². The number of unbranched alkanes of at least 4 members (excludes halogenated alkanes) is 2. The molecule has 1 saturated carbocycles. The fraction of sp³-hybridized carbons (Fsp3) is 0.391. The third-order valence-electron chi connectivity index (χ3n) is 6.04. The Balaban J connectivity index is 1.67. The normalized spacial score (nSPS) is 14.2. The number of aryl methyl sites for hydroxylation is 1. The third-order valence-corrected chi connectivity index (χ3v) is 7.48. The van der Waals surface area contributed by atoms with Crippen LogP contribution in [-0.2, 0) is 13.1 Å². The van der Waals surface area contributed by atoms with E-state index in [4.69, 9.17) is 11.6 Å². The molecule has 1 aliphatic carbocycles. The van der Waals surface area contributed by atoms with Gasteiger partial charge < -0.3 is 4.57 Å². The first-order valence-corrected chi connectivity index (χ1v) is 12.1. The first-order valence-electron chi connectivity index (χ1n) is 10.6. The number of imidazole rings is 1. The largest absolute Gasteiger partial charge is 0.342 e. The van der Waals surface area contributed by atoms with Crippen LogP contribution in [0.2, 0.25) is 5.02 Å². The molecule has 0 saturated heterocycles. The van der Waals surface area contributed by atoms with E-state index in [1.807, 2.05) is 33.5 Å².